The highest BCUT2D eigenvalue weighted by Crippen LogP contribution is 2.39. The van der Waals surface area contributed by atoms with Gasteiger partial charge in [-0.1, -0.05) is 12.1 Å². The molecule has 2 aromatic rings. The fourth-order valence-corrected chi connectivity index (χ4v) is 4.91. The Balaban J connectivity index is 1.25. The van der Waals surface area contributed by atoms with E-state index in [-0.39, 0.29) is 37.0 Å². The zero-order valence-corrected chi connectivity index (χ0v) is 20.1. The lowest BCUT2D eigenvalue weighted by molar-refractivity contribution is -0.137. The number of nitrogens with zero attached hydrogens (tertiary/aromatic N) is 5. The maximum Gasteiger partial charge on any atom is 0.426 e. The summed E-state index contributed by atoms with van der Waals surface area (Å²) in [6.45, 7) is 1.57. The highest BCUT2D eigenvalue weighted by molar-refractivity contribution is 5.85. The summed E-state index contributed by atoms with van der Waals surface area (Å²) in [5, 5.41) is 0. The second-order valence-electron chi connectivity index (χ2n) is 9.80. The van der Waals surface area contributed by atoms with Crippen LogP contribution in [0.5, 0.6) is 5.88 Å². The lowest BCUT2D eigenvalue weighted by Gasteiger charge is -2.38. The molecule has 3 atom stereocenters. The van der Waals surface area contributed by atoms with E-state index in [1.165, 1.54) is 4.90 Å². The van der Waals surface area contributed by atoms with Crippen molar-refractivity contribution in [2.75, 3.05) is 26.2 Å². The molecule has 3 aliphatic rings. The summed E-state index contributed by atoms with van der Waals surface area (Å²) < 4.78 is 83.4. The molecule has 0 N–H and O–H groups in total. The van der Waals surface area contributed by atoms with Gasteiger partial charge < -0.3 is 9.64 Å². The molecule has 1 aromatic heterocycles. The molecule has 0 bridgehead atoms. The van der Waals surface area contributed by atoms with E-state index in [9.17, 15) is 31.1 Å². The summed E-state index contributed by atoms with van der Waals surface area (Å²) >= 11 is 0. The number of aromatic nitrogens is 2. The molecule has 7 nitrogen and oxygen atoms in total. The van der Waals surface area contributed by atoms with Crippen molar-refractivity contribution in [1.29, 1.82) is 0 Å². The molecule has 2 aliphatic heterocycles. The molecule has 204 valence electrons. The largest absolute Gasteiger partial charge is 0.472 e. The Bertz CT molecular complexity index is 1160. The van der Waals surface area contributed by atoms with E-state index in [1.807, 2.05) is 0 Å². The molecule has 1 aliphatic carbocycles. The van der Waals surface area contributed by atoms with Crippen molar-refractivity contribution in [2.45, 2.75) is 55.7 Å². The van der Waals surface area contributed by atoms with Gasteiger partial charge in [0, 0.05) is 44.6 Å². The monoisotopic (exact) mass is 541 g/mol. The van der Waals surface area contributed by atoms with Crippen LogP contribution in [0.2, 0.25) is 0 Å². The van der Waals surface area contributed by atoms with Crippen LogP contribution in [0.4, 0.5) is 26.3 Å². The number of amides is 1. The minimum Gasteiger partial charge on any atom is -0.472 e. The minimum absolute atomic E-state index is 0.0493. The molecule has 0 radical (unpaired) electrons. The summed E-state index contributed by atoms with van der Waals surface area (Å²) in [5.41, 5.74) is -0.0670. The minimum atomic E-state index is -4.78. The van der Waals surface area contributed by atoms with E-state index in [4.69, 9.17) is 4.74 Å². The van der Waals surface area contributed by atoms with Crippen LogP contribution >= 0.6 is 0 Å². The van der Waals surface area contributed by atoms with Crippen molar-refractivity contribution in [3.63, 3.8) is 0 Å². The first-order chi connectivity index (χ1) is 18.0. The number of hydrogen-bond acceptors (Lipinski definition) is 6. The Morgan fingerprint density at radius 3 is 2.37 bits per heavy atom. The van der Waals surface area contributed by atoms with Crippen molar-refractivity contribution < 1.29 is 35.9 Å². The highest BCUT2D eigenvalue weighted by atomic mass is 19.4. The van der Waals surface area contributed by atoms with Crippen LogP contribution in [0, 0.1) is 0 Å². The Kier molecular flexibility index (Phi) is 7.05. The van der Waals surface area contributed by atoms with Crippen LogP contribution in [0.25, 0.3) is 0 Å². The number of aliphatic imine (C=N–C) groups is 1. The highest BCUT2D eigenvalue weighted by Gasteiger charge is 2.40. The number of ether oxygens (including phenoxy) is 1. The van der Waals surface area contributed by atoms with E-state index in [1.54, 1.807) is 12.4 Å². The SMILES string of the molecule is O=C(C(N=CC(F)(F)F)c1ccc(C(F)(F)F)cc1)N1CCN2C[C@H](Oc3cnc(C4CC4)cn3)C[C@H]2C1. The second-order valence-corrected chi connectivity index (χ2v) is 9.80. The molecule has 1 aromatic carbocycles. The fourth-order valence-electron chi connectivity index (χ4n) is 4.91. The van der Waals surface area contributed by atoms with Crippen molar-refractivity contribution in [3.8, 4) is 5.88 Å². The molecular weight excluding hydrogens is 516 g/mol. The number of hydrogen-bond donors (Lipinski definition) is 0. The number of benzene rings is 1. The molecule has 5 rings (SSSR count). The van der Waals surface area contributed by atoms with Gasteiger partial charge in [-0.15, -0.1) is 0 Å². The molecule has 0 spiro atoms. The summed E-state index contributed by atoms with van der Waals surface area (Å²) in [6, 6.07) is 1.75. The zero-order valence-electron chi connectivity index (χ0n) is 20.1. The topological polar surface area (TPSA) is 70.9 Å². The second kappa shape index (κ2) is 10.2. The number of rotatable bonds is 6. The van der Waals surface area contributed by atoms with Crippen molar-refractivity contribution in [2.24, 2.45) is 4.99 Å². The summed E-state index contributed by atoms with van der Waals surface area (Å²) in [6.07, 6.45) is -3.74. The Labute approximate surface area is 214 Å². The van der Waals surface area contributed by atoms with Crippen LogP contribution in [0.1, 0.15) is 48.0 Å². The predicted octanol–water partition coefficient (Wildman–Crippen LogP) is 4.41. The summed E-state index contributed by atoms with van der Waals surface area (Å²) in [7, 11) is 0. The van der Waals surface area contributed by atoms with Gasteiger partial charge in [0.2, 0.25) is 5.88 Å². The van der Waals surface area contributed by atoms with Gasteiger partial charge in [-0.25, -0.2) is 4.98 Å². The summed E-state index contributed by atoms with van der Waals surface area (Å²) in [4.78, 5) is 29.0. The smallest absolute Gasteiger partial charge is 0.426 e. The van der Waals surface area contributed by atoms with E-state index in [0.717, 1.165) is 42.8 Å². The maximum absolute atomic E-state index is 13.3. The number of piperazine rings is 1. The van der Waals surface area contributed by atoms with Gasteiger partial charge in [0.05, 0.1) is 23.7 Å². The van der Waals surface area contributed by atoms with E-state index < -0.39 is 29.9 Å². The fraction of sp³-hybridized carbons (Fsp3) is 0.520. The average Bonchev–Trinajstić information content (AvgIpc) is 3.63. The molecule has 38 heavy (non-hydrogen) atoms. The van der Waals surface area contributed by atoms with Crippen molar-refractivity contribution >= 4 is 12.1 Å². The number of carbonyl (C=O) groups is 1. The van der Waals surface area contributed by atoms with Crippen molar-refractivity contribution in [3.05, 3.63) is 53.5 Å². The lowest BCUT2D eigenvalue weighted by Crippen LogP contribution is -2.53. The summed E-state index contributed by atoms with van der Waals surface area (Å²) in [5.74, 6) is 0.194. The molecular formula is C25H25F6N5O2. The Hall–Kier alpha value is -3.22. The van der Waals surface area contributed by atoms with E-state index in [0.29, 0.717) is 31.3 Å². The number of fused-ring (bicyclic) bond motifs is 1. The number of alkyl halides is 6. The third-order valence-corrected chi connectivity index (χ3v) is 6.98. The Morgan fingerprint density at radius 1 is 1.03 bits per heavy atom. The van der Waals surface area contributed by atoms with Crippen LogP contribution < -0.4 is 4.74 Å². The first kappa shape index (κ1) is 26.4. The normalized spacial score (nSPS) is 23.5. The standard InChI is InChI=1S/C25H25F6N5O2/c26-24(27,28)14-34-22(16-3-5-17(6-4-16)25(29,30)31)23(37)36-8-7-35-13-19(9-18(35)12-36)38-21-11-32-20(10-33-21)15-1-2-15/h3-6,10-11,14-15,18-19,22H,1-2,7-9,12-13H2/t18-,19+,22?/m0/s1. The van der Waals surface area contributed by atoms with Gasteiger partial charge in [0.1, 0.15) is 12.3 Å². The van der Waals surface area contributed by atoms with Gasteiger partial charge in [0.15, 0.2) is 6.04 Å². The van der Waals surface area contributed by atoms with Crippen LogP contribution in [0.15, 0.2) is 41.7 Å². The van der Waals surface area contributed by atoms with Gasteiger partial charge in [-0.05, 0) is 30.5 Å². The van der Waals surface area contributed by atoms with Crippen LogP contribution in [-0.2, 0) is 11.0 Å². The van der Waals surface area contributed by atoms with E-state index >= 15 is 0 Å². The van der Waals surface area contributed by atoms with Gasteiger partial charge in [-0.2, -0.15) is 26.3 Å². The molecule has 1 saturated carbocycles. The lowest BCUT2D eigenvalue weighted by atomic mass is 10.0. The predicted molar refractivity (Wildman–Crippen MR) is 124 cm³/mol. The van der Waals surface area contributed by atoms with Crippen LogP contribution in [0.3, 0.4) is 0 Å². The first-order valence-electron chi connectivity index (χ1n) is 12.3. The third-order valence-electron chi connectivity index (χ3n) is 6.98. The maximum atomic E-state index is 13.3. The molecule has 3 heterocycles. The average molecular weight is 541 g/mol. The number of carbonyl (C=O) groups excluding carboxylic acids is 1. The van der Waals surface area contributed by atoms with E-state index in [2.05, 4.69) is 19.9 Å². The molecule has 1 amide bonds. The molecule has 1 unspecified atom stereocenters. The van der Waals surface area contributed by atoms with Crippen LogP contribution in [-0.4, -0.2) is 76.4 Å². The van der Waals surface area contributed by atoms with Gasteiger partial charge >= 0.3 is 12.4 Å². The molecule has 3 fully saturated rings. The first-order valence-corrected chi connectivity index (χ1v) is 12.3. The quantitative estimate of drug-likeness (QED) is 0.400. The molecule has 2 saturated heterocycles. The zero-order chi connectivity index (χ0) is 27.1. The van der Waals surface area contributed by atoms with Gasteiger partial charge in [-0.3, -0.25) is 19.7 Å². The number of halogens is 6. The Morgan fingerprint density at radius 2 is 1.76 bits per heavy atom. The molecule has 13 heteroatoms. The third kappa shape index (κ3) is 6.25. The van der Waals surface area contributed by atoms with Gasteiger partial charge in [0.25, 0.3) is 5.91 Å². The van der Waals surface area contributed by atoms with Crippen molar-refractivity contribution in [1.82, 2.24) is 19.8 Å².